The fourth-order valence-electron chi connectivity index (χ4n) is 2.18. The maximum absolute atomic E-state index is 12.1. The first kappa shape index (κ1) is 16.3. The van der Waals surface area contributed by atoms with Crippen LogP contribution in [0.5, 0.6) is 0 Å². The van der Waals surface area contributed by atoms with Crippen molar-refractivity contribution in [2.45, 2.75) is 18.9 Å². The third kappa shape index (κ3) is 3.97. The lowest BCUT2D eigenvalue weighted by atomic mass is 10.1. The van der Waals surface area contributed by atoms with E-state index in [0.717, 1.165) is 30.8 Å². The van der Waals surface area contributed by atoms with Crippen LogP contribution in [0, 0.1) is 0 Å². The van der Waals surface area contributed by atoms with Crippen molar-refractivity contribution in [3.8, 4) is 10.6 Å². The van der Waals surface area contributed by atoms with E-state index in [1.54, 1.807) is 12.1 Å². The second-order valence-corrected chi connectivity index (χ2v) is 6.41. The minimum atomic E-state index is -0.198. The van der Waals surface area contributed by atoms with Crippen molar-refractivity contribution >= 4 is 41.3 Å². The number of carbonyl (C=O) groups is 1. The Hall–Kier alpha value is -1.08. The Balaban J connectivity index is 0.00000161. The van der Waals surface area contributed by atoms with Crippen LogP contribution in [0.3, 0.4) is 0 Å². The summed E-state index contributed by atoms with van der Waals surface area (Å²) in [5.41, 5.74) is 0.301. The van der Waals surface area contributed by atoms with Gasteiger partial charge in [0.25, 0.3) is 5.91 Å². The number of amides is 1. The smallest absolute Gasteiger partial charge is 0.273 e. The van der Waals surface area contributed by atoms with Crippen molar-refractivity contribution in [1.82, 2.24) is 15.8 Å². The molecule has 1 aliphatic rings. The molecule has 0 aliphatic carbocycles. The lowest BCUT2D eigenvalue weighted by Gasteiger charge is -2.23. The summed E-state index contributed by atoms with van der Waals surface area (Å²) in [4.78, 5) is 12.9. The molecular formula is C13H15Cl2N3O2S. The second kappa shape index (κ2) is 7.26. The summed E-state index contributed by atoms with van der Waals surface area (Å²) in [5, 5.41) is 10.0. The molecule has 0 bridgehead atoms. The summed E-state index contributed by atoms with van der Waals surface area (Å²) in [6, 6.07) is 5.44. The lowest BCUT2D eigenvalue weighted by Crippen LogP contribution is -2.45. The Morgan fingerprint density at radius 1 is 1.52 bits per heavy atom. The van der Waals surface area contributed by atoms with E-state index < -0.39 is 0 Å². The number of hydrogen-bond acceptors (Lipinski definition) is 5. The fourth-order valence-corrected chi connectivity index (χ4v) is 3.17. The quantitative estimate of drug-likeness (QED) is 0.895. The topological polar surface area (TPSA) is 67.2 Å². The van der Waals surface area contributed by atoms with Gasteiger partial charge in [-0.3, -0.25) is 4.79 Å². The summed E-state index contributed by atoms with van der Waals surface area (Å²) in [5.74, 6) is 0.366. The third-order valence-electron chi connectivity index (χ3n) is 3.19. The van der Waals surface area contributed by atoms with Crippen LogP contribution in [0.4, 0.5) is 0 Å². The van der Waals surface area contributed by atoms with Crippen molar-refractivity contribution in [2.75, 3.05) is 13.1 Å². The molecule has 2 aromatic rings. The minimum absolute atomic E-state index is 0. The number of nitrogens with zero attached hydrogens (tertiary/aromatic N) is 1. The first-order chi connectivity index (χ1) is 9.72. The predicted molar refractivity (Wildman–Crippen MR) is 85.4 cm³/mol. The monoisotopic (exact) mass is 347 g/mol. The van der Waals surface area contributed by atoms with Gasteiger partial charge in [-0.2, -0.15) is 0 Å². The molecule has 1 amide bonds. The number of carbonyl (C=O) groups excluding carboxylic acids is 1. The summed E-state index contributed by atoms with van der Waals surface area (Å²) >= 11 is 7.27. The Morgan fingerprint density at radius 2 is 2.38 bits per heavy atom. The molecule has 0 aromatic carbocycles. The molecule has 0 saturated carbocycles. The molecule has 8 heteroatoms. The van der Waals surface area contributed by atoms with Crippen molar-refractivity contribution in [3.05, 3.63) is 28.2 Å². The Bertz CT molecular complexity index is 608. The minimum Gasteiger partial charge on any atom is -0.355 e. The number of thiophene rings is 1. The second-order valence-electron chi connectivity index (χ2n) is 4.70. The molecule has 1 unspecified atom stereocenters. The van der Waals surface area contributed by atoms with E-state index in [4.69, 9.17) is 16.1 Å². The standard InChI is InChI=1S/C13H14ClN3O2S.ClH/c14-12-4-3-11(20-12)10-6-9(17-19-10)13(18)16-8-2-1-5-15-7-8;/h3-4,6,8,15H,1-2,5,7H2,(H,16,18);1H. The molecule has 2 aromatic heterocycles. The third-order valence-corrected chi connectivity index (χ3v) is 4.44. The van der Waals surface area contributed by atoms with Crippen LogP contribution in [-0.4, -0.2) is 30.2 Å². The molecule has 3 heterocycles. The normalized spacial score (nSPS) is 18.0. The highest BCUT2D eigenvalue weighted by molar-refractivity contribution is 7.19. The largest absolute Gasteiger partial charge is 0.355 e. The van der Waals surface area contributed by atoms with Gasteiger partial charge < -0.3 is 15.2 Å². The molecule has 2 N–H and O–H groups in total. The molecule has 114 valence electrons. The average Bonchev–Trinajstić information content (AvgIpc) is 3.08. The Morgan fingerprint density at radius 3 is 3.05 bits per heavy atom. The molecular weight excluding hydrogens is 333 g/mol. The summed E-state index contributed by atoms with van der Waals surface area (Å²) in [6.07, 6.45) is 2.06. The Labute approximate surface area is 137 Å². The van der Waals surface area contributed by atoms with Crippen molar-refractivity contribution < 1.29 is 9.32 Å². The number of hydrogen-bond donors (Lipinski definition) is 2. The molecule has 3 rings (SSSR count). The molecule has 1 atom stereocenters. The zero-order chi connectivity index (χ0) is 13.9. The van der Waals surface area contributed by atoms with Gasteiger partial charge in [-0.15, -0.1) is 23.7 Å². The number of aromatic nitrogens is 1. The van der Waals surface area contributed by atoms with E-state index in [0.29, 0.717) is 15.8 Å². The van der Waals surface area contributed by atoms with Gasteiger partial charge in [0.2, 0.25) is 0 Å². The van der Waals surface area contributed by atoms with Crippen LogP contribution in [0.2, 0.25) is 4.34 Å². The van der Waals surface area contributed by atoms with Gasteiger partial charge >= 0.3 is 0 Å². The molecule has 1 saturated heterocycles. The molecule has 1 aliphatic heterocycles. The van der Waals surface area contributed by atoms with E-state index in [9.17, 15) is 4.79 Å². The summed E-state index contributed by atoms with van der Waals surface area (Å²) in [6.45, 7) is 1.82. The summed E-state index contributed by atoms with van der Waals surface area (Å²) in [7, 11) is 0. The van der Waals surface area contributed by atoms with Crippen LogP contribution < -0.4 is 10.6 Å². The highest BCUT2D eigenvalue weighted by Gasteiger charge is 2.19. The fraction of sp³-hybridized carbons (Fsp3) is 0.385. The van der Waals surface area contributed by atoms with Crippen LogP contribution in [0.25, 0.3) is 10.6 Å². The van der Waals surface area contributed by atoms with Gasteiger partial charge in [-0.1, -0.05) is 16.8 Å². The molecule has 0 spiro atoms. The molecule has 0 radical (unpaired) electrons. The maximum atomic E-state index is 12.1. The van der Waals surface area contributed by atoms with Gasteiger partial charge in [-0.25, -0.2) is 0 Å². The van der Waals surface area contributed by atoms with Gasteiger partial charge in [-0.05, 0) is 31.5 Å². The van der Waals surface area contributed by atoms with Crippen LogP contribution >= 0.6 is 35.3 Å². The van der Waals surface area contributed by atoms with E-state index in [2.05, 4.69) is 15.8 Å². The SMILES string of the molecule is Cl.O=C(NC1CCCNC1)c1cc(-c2ccc(Cl)s2)on1. The first-order valence-corrected chi connectivity index (χ1v) is 7.66. The van der Waals surface area contributed by atoms with E-state index in [1.807, 2.05) is 6.07 Å². The van der Waals surface area contributed by atoms with Gasteiger partial charge in [0.15, 0.2) is 11.5 Å². The van der Waals surface area contributed by atoms with Crippen molar-refractivity contribution in [2.24, 2.45) is 0 Å². The number of halogens is 2. The van der Waals surface area contributed by atoms with E-state index in [1.165, 1.54) is 11.3 Å². The zero-order valence-corrected chi connectivity index (χ0v) is 13.5. The average molecular weight is 348 g/mol. The molecule has 1 fully saturated rings. The van der Waals surface area contributed by atoms with Gasteiger partial charge in [0.05, 0.1) is 9.21 Å². The van der Waals surface area contributed by atoms with Crippen LogP contribution in [-0.2, 0) is 0 Å². The van der Waals surface area contributed by atoms with Crippen LogP contribution in [0.15, 0.2) is 22.7 Å². The highest BCUT2D eigenvalue weighted by Crippen LogP contribution is 2.31. The van der Waals surface area contributed by atoms with Crippen molar-refractivity contribution in [3.63, 3.8) is 0 Å². The first-order valence-electron chi connectivity index (χ1n) is 6.46. The van der Waals surface area contributed by atoms with Gasteiger partial charge in [0.1, 0.15) is 0 Å². The number of nitrogens with one attached hydrogen (secondary N) is 2. The number of rotatable bonds is 3. The maximum Gasteiger partial charge on any atom is 0.273 e. The van der Waals surface area contributed by atoms with E-state index >= 15 is 0 Å². The number of piperidine rings is 1. The van der Waals surface area contributed by atoms with Gasteiger partial charge in [0, 0.05) is 18.7 Å². The predicted octanol–water partition coefficient (Wildman–Crippen LogP) is 2.96. The van der Waals surface area contributed by atoms with Crippen LogP contribution in [0.1, 0.15) is 23.3 Å². The Kier molecular flexibility index (Phi) is 5.64. The van der Waals surface area contributed by atoms with Crippen molar-refractivity contribution in [1.29, 1.82) is 0 Å². The zero-order valence-electron chi connectivity index (χ0n) is 11.1. The molecule has 5 nitrogen and oxygen atoms in total. The highest BCUT2D eigenvalue weighted by atomic mass is 35.5. The summed E-state index contributed by atoms with van der Waals surface area (Å²) < 4.78 is 5.88. The molecule has 21 heavy (non-hydrogen) atoms. The lowest BCUT2D eigenvalue weighted by molar-refractivity contribution is 0.0921. The van der Waals surface area contributed by atoms with E-state index in [-0.39, 0.29) is 24.4 Å².